The molecule has 0 amide bonds. The van der Waals surface area contributed by atoms with Crippen molar-refractivity contribution < 1.29 is 4.39 Å². The highest BCUT2D eigenvalue weighted by molar-refractivity contribution is 6.04. The quantitative estimate of drug-likeness (QED) is 0.488. The van der Waals surface area contributed by atoms with E-state index in [0.717, 1.165) is 33.1 Å². The lowest BCUT2D eigenvalue weighted by molar-refractivity contribution is 0.628. The van der Waals surface area contributed by atoms with Gasteiger partial charge in [-0.2, -0.15) is 4.98 Å². The standard InChI is InChI=1S/C21H16FN7/c1-28-17-11-26-16-6-5-13(12-3-2-4-14(22)9-12)10-15(16)19(17)29(21(28)24)18-7-8-25-20(23)27-18/h2-11,24H,1H3,(H2,23,25,27). The molecular weight excluding hydrogens is 369 g/mol. The van der Waals surface area contributed by atoms with Gasteiger partial charge in [0, 0.05) is 24.7 Å². The van der Waals surface area contributed by atoms with Crippen molar-refractivity contribution >= 4 is 27.9 Å². The molecule has 0 saturated carbocycles. The van der Waals surface area contributed by atoms with Crippen LogP contribution in [0, 0.1) is 11.2 Å². The molecule has 3 heterocycles. The third-order valence-corrected chi connectivity index (χ3v) is 4.98. The predicted octanol–water partition coefficient (Wildman–Crippen LogP) is 3.17. The van der Waals surface area contributed by atoms with E-state index in [1.54, 1.807) is 40.7 Å². The number of hydrogen-bond acceptors (Lipinski definition) is 5. The Morgan fingerprint density at radius 2 is 1.86 bits per heavy atom. The number of nitrogens with one attached hydrogen (secondary N) is 1. The zero-order valence-electron chi connectivity index (χ0n) is 15.5. The fraction of sp³-hybridized carbons (Fsp3) is 0.0476. The lowest BCUT2D eigenvalue weighted by atomic mass is 10.0. The average molecular weight is 385 g/mol. The molecule has 0 unspecified atom stereocenters. The summed E-state index contributed by atoms with van der Waals surface area (Å²) in [5.74, 6) is 0.334. The first-order valence-electron chi connectivity index (χ1n) is 8.92. The molecule has 0 atom stereocenters. The number of benzene rings is 2. The summed E-state index contributed by atoms with van der Waals surface area (Å²) in [4.78, 5) is 12.8. The third-order valence-electron chi connectivity index (χ3n) is 4.98. The van der Waals surface area contributed by atoms with Crippen LogP contribution in [0.2, 0.25) is 0 Å². The molecule has 5 rings (SSSR count). The van der Waals surface area contributed by atoms with E-state index in [1.807, 2.05) is 24.3 Å². The Bertz CT molecular complexity index is 1470. The van der Waals surface area contributed by atoms with Crippen molar-refractivity contribution in [1.82, 2.24) is 24.1 Å². The first-order valence-corrected chi connectivity index (χ1v) is 8.92. The Balaban J connectivity index is 1.89. The summed E-state index contributed by atoms with van der Waals surface area (Å²) in [6.07, 6.45) is 3.29. The molecule has 0 aliphatic rings. The lowest BCUT2D eigenvalue weighted by Crippen LogP contribution is -2.22. The van der Waals surface area contributed by atoms with Crippen molar-refractivity contribution in [1.29, 1.82) is 5.41 Å². The van der Waals surface area contributed by atoms with Gasteiger partial charge in [-0.25, -0.2) is 9.37 Å². The summed E-state index contributed by atoms with van der Waals surface area (Å²) < 4.78 is 17.2. The molecule has 0 aliphatic heterocycles. The van der Waals surface area contributed by atoms with E-state index in [2.05, 4.69) is 15.0 Å². The first-order chi connectivity index (χ1) is 14.0. The molecule has 0 bridgehead atoms. The van der Waals surface area contributed by atoms with Crippen LogP contribution in [0.25, 0.3) is 38.9 Å². The number of hydrogen-bond donors (Lipinski definition) is 2. The van der Waals surface area contributed by atoms with E-state index in [1.165, 1.54) is 12.1 Å². The van der Waals surface area contributed by atoms with Crippen LogP contribution in [0.1, 0.15) is 0 Å². The largest absolute Gasteiger partial charge is 0.368 e. The molecule has 2 aromatic carbocycles. The van der Waals surface area contributed by atoms with E-state index in [0.29, 0.717) is 5.82 Å². The zero-order chi connectivity index (χ0) is 20.1. The van der Waals surface area contributed by atoms with Crippen LogP contribution in [-0.2, 0) is 7.05 Å². The number of halogens is 1. The second-order valence-electron chi connectivity index (χ2n) is 6.73. The Labute approximate surface area is 164 Å². The highest BCUT2D eigenvalue weighted by atomic mass is 19.1. The van der Waals surface area contributed by atoms with E-state index >= 15 is 0 Å². The van der Waals surface area contributed by atoms with Crippen LogP contribution < -0.4 is 11.4 Å². The van der Waals surface area contributed by atoms with Gasteiger partial charge < -0.3 is 10.3 Å². The SMILES string of the molecule is Cn1c(=N)n(-c2ccnc(N)n2)c2c3cc(-c4cccc(F)c4)ccc3ncc21. The fourth-order valence-corrected chi connectivity index (χ4v) is 3.58. The first kappa shape index (κ1) is 17.1. The van der Waals surface area contributed by atoms with Gasteiger partial charge in [-0.15, -0.1) is 0 Å². The number of anilines is 1. The van der Waals surface area contributed by atoms with Gasteiger partial charge in [0.25, 0.3) is 0 Å². The van der Waals surface area contributed by atoms with E-state index in [9.17, 15) is 4.39 Å². The Morgan fingerprint density at radius 3 is 2.66 bits per heavy atom. The number of aromatic nitrogens is 5. The summed E-state index contributed by atoms with van der Waals surface area (Å²) in [7, 11) is 1.80. The van der Waals surface area contributed by atoms with Crippen LogP contribution in [0.3, 0.4) is 0 Å². The summed E-state index contributed by atoms with van der Waals surface area (Å²) in [5, 5.41) is 9.43. The molecule has 3 aromatic heterocycles. The van der Waals surface area contributed by atoms with Crippen molar-refractivity contribution in [3.05, 3.63) is 72.4 Å². The van der Waals surface area contributed by atoms with Crippen molar-refractivity contribution in [2.75, 3.05) is 5.73 Å². The average Bonchev–Trinajstić information content (AvgIpc) is 2.98. The molecule has 0 radical (unpaired) electrons. The smallest absolute Gasteiger partial charge is 0.221 e. The summed E-state index contributed by atoms with van der Waals surface area (Å²) in [6, 6.07) is 13.9. The summed E-state index contributed by atoms with van der Waals surface area (Å²) in [6.45, 7) is 0. The number of nitrogens with two attached hydrogens (primary N) is 1. The number of nitrogens with zero attached hydrogens (tertiary/aromatic N) is 5. The lowest BCUT2D eigenvalue weighted by Gasteiger charge is -2.08. The predicted molar refractivity (Wildman–Crippen MR) is 109 cm³/mol. The van der Waals surface area contributed by atoms with Crippen LogP contribution in [0.4, 0.5) is 10.3 Å². The van der Waals surface area contributed by atoms with Crippen LogP contribution in [0.15, 0.2) is 60.9 Å². The number of pyridine rings is 1. The maximum atomic E-state index is 13.7. The van der Waals surface area contributed by atoms with Gasteiger partial charge in [0.2, 0.25) is 11.6 Å². The Kier molecular flexibility index (Phi) is 3.67. The number of fused-ring (bicyclic) bond motifs is 3. The second-order valence-corrected chi connectivity index (χ2v) is 6.73. The van der Waals surface area contributed by atoms with E-state index in [4.69, 9.17) is 11.1 Å². The molecule has 7 nitrogen and oxygen atoms in total. The second kappa shape index (κ2) is 6.23. The minimum atomic E-state index is -0.293. The molecule has 3 N–H and O–H groups in total. The molecule has 0 fully saturated rings. The topological polar surface area (TPSA) is 98.4 Å². The van der Waals surface area contributed by atoms with Crippen molar-refractivity contribution in [2.45, 2.75) is 0 Å². The monoisotopic (exact) mass is 385 g/mol. The van der Waals surface area contributed by atoms with Gasteiger partial charge in [0.05, 0.1) is 22.7 Å². The molecule has 0 saturated heterocycles. The molecule has 29 heavy (non-hydrogen) atoms. The summed E-state index contributed by atoms with van der Waals surface area (Å²) in [5.41, 5.74) is 9.94. The van der Waals surface area contributed by atoms with Gasteiger partial charge in [-0.05, 0) is 35.4 Å². The molecule has 142 valence electrons. The van der Waals surface area contributed by atoms with Gasteiger partial charge in [-0.3, -0.25) is 15.0 Å². The highest BCUT2D eigenvalue weighted by Crippen LogP contribution is 2.29. The van der Waals surface area contributed by atoms with Crippen molar-refractivity contribution in [3.8, 4) is 16.9 Å². The number of imidazole rings is 1. The van der Waals surface area contributed by atoms with E-state index < -0.39 is 0 Å². The summed E-state index contributed by atoms with van der Waals surface area (Å²) >= 11 is 0. The van der Waals surface area contributed by atoms with Crippen LogP contribution in [-0.4, -0.2) is 24.1 Å². The minimum absolute atomic E-state index is 0.130. The van der Waals surface area contributed by atoms with Gasteiger partial charge in [0.15, 0.2) is 0 Å². The van der Waals surface area contributed by atoms with Gasteiger partial charge in [0.1, 0.15) is 11.6 Å². The van der Waals surface area contributed by atoms with Gasteiger partial charge >= 0.3 is 0 Å². The van der Waals surface area contributed by atoms with E-state index in [-0.39, 0.29) is 17.4 Å². The zero-order valence-corrected chi connectivity index (χ0v) is 15.5. The maximum Gasteiger partial charge on any atom is 0.221 e. The fourth-order valence-electron chi connectivity index (χ4n) is 3.58. The van der Waals surface area contributed by atoms with Crippen molar-refractivity contribution in [2.24, 2.45) is 7.05 Å². The maximum absolute atomic E-state index is 13.7. The van der Waals surface area contributed by atoms with Gasteiger partial charge in [-0.1, -0.05) is 18.2 Å². The third kappa shape index (κ3) is 2.65. The highest BCUT2D eigenvalue weighted by Gasteiger charge is 2.16. The molecular formula is C21H16FN7. The molecule has 5 aromatic rings. The Morgan fingerprint density at radius 1 is 1.03 bits per heavy atom. The Hall–Kier alpha value is -4.07. The molecule has 0 aliphatic carbocycles. The number of aryl methyl sites for hydroxylation is 1. The van der Waals surface area contributed by atoms with Crippen molar-refractivity contribution in [3.63, 3.8) is 0 Å². The van der Waals surface area contributed by atoms with Crippen LogP contribution >= 0.6 is 0 Å². The minimum Gasteiger partial charge on any atom is -0.368 e. The number of rotatable bonds is 2. The van der Waals surface area contributed by atoms with Crippen LogP contribution in [0.5, 0.6) is 0 Å². The molecule has 8 heteroatoms. The molecule has 0 spiro atoms. The normalized spacial score (nSPS) is 11.4. The number of nitrogen functional groups attached to an aromatic ring is 1.